The Morgan fingerprint density at radius 3 is 1.17 bits per heavy atom. The summed E-state index contributed by atoms with van der Waals surface area (Å²) in [6, 6.07) is 0. The fraction of sp³-hybridized carbons (Fsp3) is 1.00. The van der Waals surface area contributed by atoms with E-state index in [9.17, 15) is 0 Å². The Morgan fingerprint density at radius 2 is 0.787 bits per heavy atom. The van der Waals surface area contributed by atoms with Gasteiger partial charge in [0.2, 0.25) is 0 Å². The molecule has 5 unspecified atom stereocenters. The lowest BCUT2D eigenvalue weighted by Crippen LogP contribution is -2.32. The maximum absolute atomic E-state index is 6.28. The Kier molecular flexibility index (Phi) is 28.1. The molecule has 47 heavy (non-hydrogen) atoms. The number of ether oxygens (including phenoxy) is 2. The zero-order valence-corrected chi connectivity index (χ0v) is 32.9. The van der Waals surface area contributed by atoms with Crippen LogP contribution >= 0.6 is 0 Å². The fourth-order valence-corrected chi connectivity index (χ4v) is 8.14. The Balaban J connectivity index is 1.29. The van der Waals surface area contributed by atoms with E-state index in [1.807, 2.05) is 0 Å². The molecule has 0 aromatic carbocycles. The topological polar surface area (TPSA) is 21.7 Å². The van der Waals surface area contributed by atoms with Gasteiger partial charge >= 0.3 is 0 Å². The summed E-state index contributed by atoms with van der Waals surface area (Å²) >= 11 is 0. The molecular formula is C44H87NO2. The summed E-state index contributed by atoms with van der Waals surface area (Å²) in [5.74, 6) is 4.38. The van der Waals surface area contributed by atoms with E-state index in [4.69, 9.17) is 9.47 Å². The summed E-state index contributed by atoms with van der Waals surface area (Å²) in [4.78, 5) is 2.24. The molecule has 3 nitrogen and oxygen atoms in total. The van der Waals surface area contributed by atoms with Crippen LogP contribution in [-0.2, 0) is 9.47 Å². The van der Waals surface area contributed by atoms with E-state index in [2.05, 4.69) is 32.8 Å². The SMILES string of the molecule is CCCCCCCCCC1CC1CCCCCCCCOC(COCCCCCCCCC1CC1CCCCCCCC)CN(C)C. The largest absolute Gasteiger partial charge is 0.379 e. The molecule has 2 rings (SSSR count). The van der Waals surface area contributed by atoms with Crippen LogP contribution in [0.25, 0.3) is 0 Å². The Bertz CT molecular complexity index is 653. The van der Waals surface area contributed by atoms with E-state index in [1.54, 1.807) is 12.8 Å². The number of rotatable bonds is 38. The van der Waals surface area contributed by atoms with E-state index in [0.29, 0.717) is 0 Å². The number of hydrogen-bond acceptors (Lipinski definition) is 3. The molecular weight excluding hydrogens is 574 g/mol. The van der Waals surface area contributed by atoms with Gasteiger partial charge in [0.25, 0.3) is 0 Å². The van der Waals surface area contributed by atoms with E-state index in [1.165, 1.54) is 186 Å². The van der Waals surface area contributed by atoms with E-state index >= 15 is 0 Å². The van der Waals surface area contributed by atoms with Gasteiger partial charge < -0.3 is 14.4 Å². The second-order valence-corrected chi connectivity index (χ2v) is 16.6. The summed E-state index contributed by atoms with van der Waals surface area (Å²) < 4.78 is 12.4. The molecule has 2 fully saturated rings. The van der Waals surface area contributed by atoms with Crippen molar-refractivity contribution in [2.24, 2.45) is 23.7 Å². The highest BCUT2D eigenvalue weighted by molar-refractivity contribution is 4.86. The molecule has 2 aliphatic rings. The molecule has 0 radical (unpaired) electrons. The van der Waals surface area contributed by atoms with Crippen LogP contribution in [0, 0.1) is 23.7 Å². The van der Waals surface area contributed by atoms with Gasteiger partial charge in [-0.3, -0.25) is 0 Å². The minimum absolute atomic E-state index is 0.213. The number of hydrogen-bond donors (Lipinski definition) is 0. The minimum atomic E-state index is 0.213. The van der Waals surface area contributed by atoms with Gasteiger partial charge in [-0.1, -0.05) is 187 Å². The molecule has 0 spiro atoms. The van der Waals surface area contributed by atoms with Gasteiger partial charge in [0.05, 0.1) is 12.7 Å². The molecule has 0 aromatic rings. The standard InChI is InChI=1S/C44H87NO2/c1-5-7-9-11-13-19-25-31-41-37-43(41)33-27-21-15-17-23-29-35-47-44(38-45(3)4)39-46-34-28-22-16-14-20-26-32-42-36-40(42)30-24-18-12-10-8-6-2/h40-44H,5-39H2,1-4H3. The minimum Gasteiger partial charge on any atom is -0.379 e. The van der Waals surface area contributed by atoms with Crippen LogP contribution in [0.1, 0.15) is 213 Å². The average molecular weight is 662 g/mol. The third-order valence-electron chi connectivity index (χ3n) is 11.6. The highest BCUT2D eigenvalue weighted by Crippen LogP contribution is 2.46. The maximum atomic E-state index is 6.28. The van der Waals surface area contributed by atoms with E-state index in [-0.39, 0.29) is 6.10 Å². The van der Waals surface area contributed by atoms with Crippen molar-refractivity contribution in [3.05, 3.63) is 0 Å². The Hall–Kier alpha value is -0.120. The van der Waals surface area contributed by atoms with Gasteiger partial charge in [-0.2, -0.15) is 0 Å². The quantitative estimate of drug-likeness (QED) is 0.0615. The van der Waals surface area contributed by atoms with Crippen LogP contribution in [0.2, 0.25) is 0 Å². The molecule has 0 saturated heterocycles. The third-order valence-corrected chi connectivity index (χ3v) is 11.6. The van der Waals surface area contributed by atoms with Crippen molar-refractivity contribution in [2.75, 3.05) is 40.5 Å². The molecule has 0 aliphatic heterocycles. The van der Waals surface area contributed by atoms with Crippen molar-refractivity contribution < 1.29 is 9.47 Å². The monoisotopic (exact) mass is 662 g/mol. The molecule has 280 valence electrons. The molecule has 2 aliphatic carbocycles. The molecule has 0 amide bonds. The van der Waals surface area contributed by atoms with Crippen LogP contribution in [-0.4, -0.2) is 51.5 Å². The summed E-state index contributed by atoms with van der Waals surface area (Å²) in [5, 5.41) is 0. The number of nitrogens with zero attached hydrogens (tertiary/aromatic N) is 1. The van der Waals surface area contributed by atoms with Gasteiger partial charge in [-0.25, -0.2) is 0 Å². The molecule has 2 saturated carbocycles. The van der Waals surface area contributed by atoms with Crippen LogP contribution in [0.5, 0.6) is 0 Å². The molecule has 3 heteroatoms. The summed E-state index contributed by atoms with van der Waals surface area (Å²) in [6.07, 6.45) is 44.8. The molecule has 0 N–H and O–H groups in total. The number of unbranched alkanes of at least 4 members (excludes halogenated alkanes) is 21. The second-order valence-electron chi connectivity index (χ2n) is 16.6. The predicted molar refractivity (Wildman–Crippen MR) is 208 cm³/mol. The lowest BCUT2D eigenvalue weighted by molar-refractivity contribution is -0.0287. The van der Waals surface area contributed by atoms with Crippen molar-refractivity contribution in [1.29, 1.82) is 0 Å². The predicted octanol–water partition coefficient (Wildman–Crippen LogP) is 13.6. The van der Waals surface area contributed by atoms with E-state index in [0.717, 1.165) is 50.0 Å². The van der Waals surface area contributed by atoms with Gasteiger partial charge in [-0.05, 0) is 63.5 Å². The van der Waals surface area contributed by atoms with Crippen molar-refractivity contribution in [2.45, 2.75) is 219 Å². The molecule has 0 heterocycles. The summed E-state index contributed by atoms with van der Waals surface area (Å²) in [5.41, 5.74) is 0. The molecule has 5 atom stereocenters. The first-order valence-electron chi connectivity index (χ1n) is 22.0. The zero-order valence-electron chi connectivity index (χ0n) is 32.9. The van der Waals surface area contributed by atoms with E-state index < -0.39 is 0 Å². The van der Waals surface area contributed by atoms with Gasteiger partial charge in [0.15, 0.2) is 0 Å². The van der Waals surface area contributed by atoms with Crippen LogP contribution in [0.3, 0.4) is 0 Å². The molecule has 0 aromatic heterocycles. The van der Waals surface area contributed by atoms with Gasteiger partial charge in [0, 0.05) is 19.8 Å². The Morgan fingerprint density at radius 1 is 0.447 bits per heavy atom. The normalized spacial score (nSPS) is 21.1. The zero-order chi connectivity index (χ0) is 33.6. The average Bonchev–Trinajstić information content (AvgIpc) is 3.99. The van der Waals surface area contributed by atoms with Crippen molar-refractivity contribution in [3.63, 3.8) is 0 Å². The maximum Gasteiger partial charge on any atom is 0.0934 e. The second kappa shape index (κ2) is 30.7. The molecule has 0 bridgehead atoms. The lowest BCUT2D eigenvalue weighted by atomic mass is 10.0. The van der Waals surface area contributed by atoms with Crippen LogP contribution in [0.15, 0.2) is 0 Å². The summed E-state index contributed by atoms with van der Waals surface area (Å²) in [6.45, 7) is 8.13. The smallest absolute Gasteiger partial charge is 0.0934 e. The van der Waals surface area contributed by atoms with Crippen molar-refractivity contribution in [3.8, 4) is 0 Å². The third kappa shape index (κ3) is 26.4. The van der Waals surface area contributed by atoms with Crippen molar-refractivity contribution in [1.82, 2.24) is 4.90 Å². The van der Waals surface area contributed by atoms with Gasteiger partial charge in [0.1, 0.15) is 0 Å². The van der Waals surface area contributed by atoms with Crippen molar-refractivity contribution >= 4 is 0 Å². The van der Waals surface area contributed by atoms with Crippen LogP contribution < -0.4 is 0 Å². The first-order valence-corrected chi connectivity index (χ1v) is 22.0. The highest BCUT2D eigenvalue weighted by Gasteiger charge is 2.35. The Labute approximate surface area is 296 Å². The van der Waals surface area contributed by atoms with Gasteiger partial charge in [-0.15, -0.1) is 0 Å². The fourth-order valence-electron chi connectivity index (χ4n) is 8.14. The first kappa shape index (κ1) is 43.0. The highest BCUT2D eigenvalue weighted by atomic mass is 16.5. The lowest BCUT2D eigenvalue weighted by Gasteiger charge is -2.21. The first-order chi connectivity index (χ1) is 23.1. The summed E-state index contributed by atoms with van der Waals surface area (Å²) in [7, 11) is 4.30. The number of likely N-dealkylation sites (N-methyl/N-ethyl adjacent to an activating group) is 1. The van der Waals surface area contributed by atoms with Crippen LogP contribution in [0.4, 0.5) is 0 Å².